The Morgan fingerprint density at radius 2 is 2.10 bits per heavy atom. The number of allylic oxidation sites excluding steroid dienone is 2. The summed E-state index contributed by atoms with van der Waals surface area (Å²) >= 11 is 0. The van der Waals surface area contributed by atoms with Gasteiger partial charge in [0.15, 0.2) is 14.7 Å². The molecule has 7 heteroatoms. The van der Waals surface area contributed by atoms with Gasteiger partial charge in [-0.15, -0.1) is 0 Å². The zero-order chi connectivity index (χ0) is 21.6. The molecule has 30 heavy (non-hydrogen) atoms. The SMILES string of the molecule is C=C/C(=C\C=C\OCCCN1CCCC1)[C@@H]1Oc2cccc(OC)c2S(=O)(=O)[C@H]1C. The predicted molar refractivity (Wildman–Crippen MR) is 118 cm³/mol. The van der Waals surface area contributed by atoms with E-state index in [0.29, 0.717) is 23.7 Å². The molecule has 0 radical (unpaired) electrons. The van der Waals surface area contributed by atoms with E-state index in [9.17, 15) is 8.42 Å². The number of methoxy groups -OCH3 is 1. The van der Waals surface area contributed by atoms with Crippen LogP contribution >= 0.6 is 0 Å². The lowest BCUT2D eigenvalue weighted by Gasteiger charge is -2.32. The summed E-state index contributed by atoms with van der Waals surface area (Å²) in [6, 6.07) is 4.99. The van der Waals surface area contributed by atoms with Crippen molar-refractivity contribution in [2.24, 2.45) is 0 Å². The zero-order valence-corrected chi connectivity index (χ0v) is 18.6. The van der Waals surface area contributed by atoms with E-state index in [-0.39, 0.29) is 4.90 Å². The van der Waals surface area contributed by atoms with Gasteiger partial charge in [-0.05, 0) is 63.1 Å². The van der Waals surface area contributed by atoms with Crippen molar-refractivity contribution < 1.29 is 22.6 Å². The van der Waals surface area contributed by atoms with Gasteiger partial charge in [0.2, 0.25) is 0 Å². The van der Waals surface area contributed by atoms with Crippen molar-refractivity contribution in [2.45, 2.75) is 42.4 Å². The average Bonchev–Trinajstić information content (AvgIpc) is 3.26. The molecule has 0 saturated carbocycles. The first-order valence-electron chi connectivity index (χ1n) is 10.4. The maximum atomic E-state index is 13.1. The monoisotopic (exact) mass is 433 g/mol. The van der Waals surface area contributed by atoms with Crippen LogP contribution in [0.4, 0.5) is 0 Å². The van der Waals surface area contributed by atoms with Crippen LogP contribution in [0.2, 0.25) is 0 Å². The molecule has 0 aliphatic carbocycles. The predicted octanol–water partition coefficient (Wildman–Crippen LogP) is 3.75. The van der Waals surface area contributed by atoms with Crippen LogP contribution in [0.15, 0.2) is 59.7 Å². The molecule has 2 atom stereocenters. The van der Waals surface area contributed by atoms with Crippen LogP contribution < -0.4 is 9.47 Å². The van der Waals surface area contributed by atoms with Crippen LogP contribution in [0.3, 0.4) is 0 Å². The van der Waals surface area contributed by atoms with Crippen molar-refractivity contribution in [1.82, 2.24) is 4.90 Å². The molecule has 164 valence electrons. The van der Waals surface area contributed by atoms with E-state index in [1.165, 1.54) is 33.0 Å². The first kappa shape index (κ1) is 22.4. The molecule has 0 amide bonds. The molecule has 0 bridgehead atoms. The van der Waals surface area contributed by atoms with Gasteiger partial charge in [-0.2, -0.15) is 0 Å². The fourth-order valence-electron chi connectivity index (χ4n) is 3.88. The Balaban J connectivity index is 1.64. The number of nitrogens with zero attached hydrogens (tertiary/aromatic N) is 1. The molecule has 0 unspecified atom stereocenters. The molecule has 0 N–H and O–H groups in total. The Kier molecular flexibility index (Phi) is 7.61. The van der Waals surface area contributed by atoms with Gasteiger partial charge in [-0.3, -0.25) is 0 Å². The minimum atomic E-state index is -3.62. The van der Waals surface area contributed by atoms with Gasteiger partial charge in [0, 0.05) is 6.54 Å². The molecule has 0 spiro atoms. The average molecular weight is 434 g/mol. The second-order valence-corrected chi connectivity index (χ2v) is 9.79. The van der Waals surface area contributed by atoms with Crippen molar-refractivity contribution in [3.05, 3.63) is 54.8 Å². The van der Waals surface area contributed by atoms with Gasteiger partial charge in [0.25, 0.3) is 0 Å². The van der Waals surface area contributed by atoms with Gasteiger partial charge in [0.1, 0.15) is 22.9 Å². The van der Waals surface area contributed by atoms with Crippen LogP contribution in [0, 0.1) is 0 Å². The van der Waals surface area contributed by atoms with Gasteiger partial charge in [0.05, 0.1) is 20.0 Å². The summed E-state index contributed by atoms with van der Waals surface area (Å²) in [6.07, 6.45) is 9.72. The molecule has 1 saturated heterocycles. The quantitative estimate of drug-likeness (QED) is 0.336. The first-order valence-corrected chi connectivity index (χ1v) is 11.9. The first-order chi connectivity index (χ1) is 14.5. The second-order valence-electron chi connectivity index (χ2n) is 7.55. The minimum absolute atomic E-state index is 0.108. The molecule has 1 aromatic carbocycles. The number of likely N-dealkylation sites (tertiary alicyclic amines) is 1. The number of benzene rings is 1. The Morgan fingerprint density at radius 1 is 1.33 bits per heavy atom. The highest BCUT2D eigenvalue weighted by Gasteiger charge is 2.42. The van der Waals surface area contributed by atoms with E-state index in [4.69, 9.17) is 14.2 Å². The van der Waals surface area contributed by atoms with Crippen molar-refractivity contribution >= 4 is 9.84 Å². The maximum absolute atomic E-state index is 13.1. The smallest absolute Gasteiger partial charge is 0.192 e. The summed E-state index contributed by atoms with van der Waals surface area (Å²) < 4.78 is 43.1. The lowest BCUT2D eigenvalue weighted by molar-refractivity contribution is 0.217. The van der Waals surface area contributed by atoms with E-state index in [2.05, 4.69) is 11.5 Å². The van der Waals surface area contributed by atoms with E-state index in [1.807, 2.05) is 0 Å². The van der Waals surface area contributed by atoms with Gasteiger partial charge in [-0.25, -0.2) is 8.42 Å². The van der Waals surface area contributed by atoms with Gasteiger partial charge in [-0.1, -0.05) is 24.8 Å². The van der Waals surface area contributed by atoms with E-state index < -0.39 is 21.2 Å². The molecule has 3 rings (SSSR count). The second kappa shape index (κ2) is 10.2. The molecular formula is C23H31NO5S. The molecule has 1 fully saturated rings. The number of hydrogen-bond donors (Lipinski definition) is 0. The van der Waals surface area contributed by atoms with E-state index in [1.54, 1.807) is 49.6 Å². The molecule has 0 aromatic heterocycles. The summed E-state index contributed by atoms with van der Waals surface area (Å²) in [6.45, 7) is 9.58. The highest BCUT2D eigenvalue weighted by Crippen LogP contribution is 2.42. The Morgan fingerprint density at radius 3 is 2.80 bits per heavy atom. The van der Waals surface area contributed by atoms with Crippen LogP contribution in [0.25, 0.3) is 0 Å². The largest absolute Gasteiger partial charge is 0.501 e. The van der Waals surface area contributed by atoms with Gasteiger partial charge < -0.3 is 19.1 Å². The molecule has 1 aromatic rings. The van der Waals surface area contributed by atoms with Crippen LogP contribution in [-0.4, -0.2) is 58.0 Å². The topological polar surface area (TPSA) is 65.1 Å². The summed E-state index contributed by atoms with van der Waals surface area (Å²) in [7, 11) is -2.17. The van der Waals surface area contributed by atoms with Crippen molar-refractivity contribution in [3.8, 4) is 11.5 Å². The highest BCUT2D eigenvalue weighted by molar-refractivity contribution is 7.92. The normalized spacial score (nSPS) is 23.7. The van der Waals surface area contributed by atoms with Gasteiger partial charge >= 0.3 is 0 Å². The summed E-state index contributed by atoms with van der Waals surface area (Å²) in [5.74, 6) is 0.594. The third-order valence-corrected chi connectivity index (χ3v) is 7.78. The number of rotatable bonds is 9. The molecule has 6 nitrogen and oxygen atoms in total. The standard InChI is InChI=1S/C23H31NO5S/c1-4-19(10-8-16-28-17-9-15-24-13-5-6-14-24)22-18(2)30(25,26)23-20(27-3)11-7-12-21(23)29-22/h4,7-8,10-12,16,18,22H,1,5-6,9,13-15,17H2,2-3H3/b16-8+,19-10+/t18-,22+/m0/s1. The fraction of sp³-hybridized carbons (Fsp3) is 0.478. The molecule has 2 aliphatic rings. The Labute approximate surface area is 179 Å². The Bertz CT molecular complexity index is 900. The third kappa shape index (κ3) is 4.90. The zero-order valence-electron chi connectivity index (χ0n) is 17.7. The van der Waals surface area contributed by atoms with Crippen molar-refractivity contribution in [2.75, 3.05) is 33.4 Å². The highest BCUT2D eigenvalue weighted by atomic mass is 32.2. The summed E-state index contributed by atoms with van der Waals surface area (Å²) in [5.41, 5.74) is 0.677. The minimum Gasteiger partial charge on any atom is -0.501 e. The number of hydrogen-bond acceptors (Lipinski definition) is 6. The molecule has 2 heterocycles. The molecular weight excluding hydrogens is 402 g/mol. The van der Waals surface area contributed by atoms with Crippen LogP contribution in [-0.2, 0) is 14.6 Å². The third-order valence-electron chi connectivity index (χ3n) is 5.58. The van der Waals surface area contributed by atoms with Crippen molar-refractivity contribution in [1.29, 1.82) is 0 Å². The Hall–Kier alpha value is -2.25. The van der Waals surface area contributed by atoms with Crippen molar-refractivity contribution in [3.63, 3.8) is 0 Å². The number of ether oxygens (including phenoxy) is 3. The fourth-order valence-corrected chi connectivity index (χ4v) is 5.62. The number of sulfone groups is 1. The van der Waals surface area contributed by atoms with E-state index in [0.717, 1.165) is 13.0 Å². The van der Waals surface area contributed by atoms with Crippen LogP contribution in [0.1, 0.15) is 26.2 Å². The summed E-state index contributed by atoms with van der Waals surface area (Å²) in [4.78, 5) is 2.56. The van der Waals surface area contributed by atoms with Crippen LogP contribution in [0.5, 0.6) is 11.5 Å². The number of fused-ring (bicyclic) bond motifs is 1. The lowest BCUT2D eigenvalue weighted by Crippen LogP contribution is -2.41. The summed E-state index contributed by atoms with van der Waals surface area (Å²) in [5, 5.41) is -0.777. The molecule has 2 aliphatic heterocycles. The maximum Gasteiger partial charge on any atom is 0.192 e. The van der Waals surface area contributed by atoms with E-state index >= 15 is 0 Å². The lowest BCUT2D eigenvalue weighted by atomic mass is 10.1.